The van der Waals surface area contributed by atoms with Crippen LogP contribution < -0.4 is 0 Å². The van der Waals surface area contributed by atoms with Crippen LogP contribution in [0.4, 0.5) is 0 Å². The minimum absolute atomic E-state index is 0. The van der Waals surface area contributed by atoms with E-state index in [4.69, 9.17) is 5.11 Å². The smallest absolute Gasteiger partial charge is 0.0471 e. The summed E-state index contributed by atoms with van der Waals surface area (Å²) in [6, 6.07) is 7.79. The first-order valence-electron chi connectivity index (χ1n) is 3.21. The lowest BCUT2D eigenvalue weighted by molar-refractivity contribution is 0.299. The summed E-state index contributed by atoms with van der Waals surface area (Å²) < 4.78 is 0. The standard InChI is InChI=1S/C8H10OS.CH4/c9-6-5-7-1-3-8(10)4-2-7;/h1-4,9-10H,5-6H2;1H4. The van der Waals surface area contributed by atoms with E-state index in [-0.39, 0.29) is 14.0 Å². The van der Waals surface area contributed by atoms with Crippen LogP contribution in [0.3, 0.4) is 0 Å². The Kier molecular flexibility index (Phi) is 4.99. The highest BCUT2D eigenvalue weighted by molar-refractivity contribution is 7.80. The van der Waals surface area contributed by atoms with Crippen molar-refractivity contribution in [2.24, 2.45) is 0 Å². The molecule has 1 rings (SSSR count). The first kappa shape index (κ1) is 10.5. The molecule has 1 N–H and O–H groups in total. The molecule has 0 saturated carbocycles. The molecule has 0 fully saturated rings. The zero-order chi connectivity index (χ0) is 7.40. The molecule has 0 aliphatic heterocycles. The molecule has 0 radical (unpaired) electrons. The van der Waals surface area contributed by atoms with E-state index < -0.39 is 0 Å². The monoisotopic (exact) mass is 170 g/mol. The minimum Gasteiger partial charge on any atom is -0.396 e. The van der Waals surface area contributed by atoms with Crippen LogP contribution in [0.25, 0.3) is 0 Å². The lowest BCUT2D eigenvalue weighted by atomic mass is 10.2. The van der Waals surface area contributed by atoms with Gasteiger partial charge in [-0.25, -0.2) is 0 Å². The normalized spacial score (nSPS) is 8.91. The second kappa shape index (κ2) is 5.22. The number of hydrogen-bond donors (Lipinski definition) is 2. The van der Waals surface area contributed by atoms with E-state index in [2.05, 4.69) is 12.6 Å². The summed E-state index contributed by atoms with van der Waals surface area (Å²) in [5.74, 6) is 0. The van der Waals surface area contributed by atoms with E-state index in [1.807, 2.05) is 24.3 Å². The van der Waals surface area contributed by atoms with Crippen molar-refractivity contribution in [2.75, 3.05) is 6.61 Å². The Morgan fingerprint density at radius 3 is 2.18 bits per heavy atom. The van der Waals surface area contributed by atoms with Crippen molar-refractivity contribution < 1.29 is 5.11 Å². The minimum atomic E-state index is 0. The third-order valence-corrected chi connectivity index (χ3v) is 1.63. The fourth-order valence-electron chi connectivity index (χ4n) is 0.792. The van der Waals surface area contributed by atoms with Gasteiger partial charge in [0.1, 0.15) is 0 Å². The summed E-state index contributed by atoms with van der Waals surface area (Å²) >= 11 is 4.14. The van der Waals surface area contributed by atoms with E-state index in [0.717, 1.165) is 16.9 Å². The average molecular weight is 170 g/mol. The highest BCUT2D eigenvalue weighted by Gasteiger charge is 1.89. The number of benzene rings is 1. The Balaban J connectivity index is 0.000001000. The molecular formula is C9H14OS. The molecule has 0 amide bonds. The van der Waals surface area contributed by atoms with E-state index in [1.165, 1.54) is 0 Å². The van der Waals surface area contributed by atoms with Gasteiger partial charge in [0.05, 0.1) is 0 Å². The van der Waals surface area contributed by atoms with Gasteiger partial charge in [-0.3, -0.25) is 0 Å². The maximum Gasteiger partial charge on any atom is 0.0471 e. The Bertz CT molecular complexity index is 193. The average Bonchev–Trinajstić information content (AvgIpc) is 1.95. The van der Waals surface area contributed by atoms with Crippen molar-refractivity contribution in [1.29, 1.82) is 0 Å². The van der Waals surface area contributed by atoms with Crippen LogP contribution in [-0.4, -0.2) is 11.7 Å². The summed E-state index contributed by atoms with van der Waals surface area (Å²) in [5, 5.41) is 8.57. The molecule has 1 aromatic rings. The number of aliphatic hydroxyl groups is 1. The molecule has 0 saturated heterocycles. The fraction of sp³-hybridized carbons (Fsp3) is 0.333. The van der Waals surface area contributed by atoms with Crippen LogP contribution in [0, 0.1) is 0 Å². The molecule has 1 nitrogen and oxygen atoms in total. The largest absolute Gasteiger partial charge is 0.396 e. The molecule has 0 unspecified atom stereocenters. The first-order chi connectivity index (χ1) is 4.83. The SMILES string of the molecule is C.OCCc1ccc(S)cc1. The highest BCUT2D eigenvalue weighted by Crippen LogP contribution is 2.07. The number of rotatable bonds is 2. The van der Waals surface area contributed by atoms with E-state index in [9.17, 15) is 0 Å². The Morgan fingerprint density at radius 1 is 1.18 bits per heavy atom. The number of thiol groups is 1. The van der Waals surface area contributed by atoms with Crippen LogP contribution in [0.1, 0.15) is 13.0 Å². The highest BCUT2D eigenvalue weighted by atomic mass is 32.1. The fourth-order valence-corrected chi connectivity index (χ4v) is 0.941. The molecule has 0 heterocycles. The first-order valence-corrected chi connectivity index (χ1v) is 3.66. The van der Waals surface area contributed by atoms with Crippen LogP contribution >= 0.6 is 12.6 Å². The molecule has 0 aliphatic rings. The topological polar surface area (TPSA) is 20.2 Å². The van der Waals surface area contributed by atoms with Crippen molar-refractivity contribution in [3.63, 3.8) is 0 Å². The zero-order valence-corrected chi connectivity index (χ0v) is 6.51. The molecular weight excluding hydrogens is 156 g/mol. The predicted molar refractivity (Wildman–Crippen MR) is 51.2 cm³/mol. The molecule has 0 atom stereocenters. The summed E-state index contributed by atoms with van der Waals surface area (Å²) in [6.07, 6.45) is 0.730. The van der Waals surface area contributed by atoms with Gasteiger partial charge in [0.15, 0.2) is 0 Å². The van der Waals surface area contributed by atoms with Gasteiger partial charge < -0.3 is 5.11 Å². The van der Waals surface area contributed by atoms with Crippen molar-refractivity contribution in [3.8, 4) is 0 Å². The van der Waals surface area contributed by atoms with Gasteiger partial charge in [-0.1, -0.05) is 19.6 Å². The molecule has 11 heavy (non-hydrogen) atoms. The van der Waals surface area contributed by atoms with Crippen LogP contribution in [0.5, 0.6) is 0 Å². The van der Waals surface area contributed by atoms with Gasteiger partial charge in [-0.2, -0.15) is 0 Å². The Hall–Kier alpha value is -0.470. The predicted octanol–water partition coefficient (Wildman–Crippen LogP) is 2.15. The summed E-state index contributed by atoms with van der Waals surface area (Å²) in [4.78, 5) is 0.960. The maximum absolute atomic E-state index is 8.57. The summed E-state index contributed by atoms with van der Waals surface area (Å²) in [6.45, 7) is 0.214. The second-order valence-corrected chi connectivity index (χ2v) is 2.66. The van der Waals surface area contributed by atoms with Crippen molar-refractivity contribution in [2.45, 2.75) is 18.7 Å². The van der Waals surface area contributed by atoms with E-state index in [0.29, 0.717) is 0 Å². The van der Waals surface area contributed by atoms with Gasteiger partial charge in [0.25, 0.3) is 0 Å². The summed E-state index contributed by atoms with van der Waals surface area (Å²) in [7, 11) is 0. The molecule has 1 aromatic carbocycles. The van der Waals surface area contributed by atoms with Gasteiger partial charge >= 0.3 is 0 Å². The summed E-state index contributed by atoms with van der Waals surface area (Å²) in [5.41, 5.74) is 1.15. The van der Waals surface area contributed by atoms with Crippen LogP contribution in [0.15, 0.2) is 29.2 Å². The molecule has 0 spiro atoms. The van der Waals surface area contributed by atoms with Crippen LogP contribution in [0.2, 0.25) is 0 Å². The van der Waals surface area contributed by atoms with E-state index in [1.54, 1.807) is 0 Å². The van der Waals surface area contributed by atoms with Gasteiger partial charge in [0, 0.05) is 11.5 Å². The molecule has 0 aromatic heterocycles. The van der Waals surface area contributed by atoms with Crippen molar-refractivity contribution in [3.05, 3.63) is 29.8 Å². The van der Waals surface area contributed by atoms with Gasteiger partial charge in [0.2, 0.25) is 0 Å². The van der Waals surface area contributed by atoms with Crippen molar-refractivity contribution in [1.82, 2.24) is 0 Å². The van der Waals surface area contributed by atoms with Crippen molar-refractivity contribution >= 4 is 12.6 Å². The Morgan fingerprint density at radius 2 is 1.73 bits per heavy atom. The lowest BCUT2D eigenvalue weighted by Gasteiger charge is -1.96. The number of aliphatic hydroxyl groups excluding tert-OH is 1. The zero-order valence-electron chi connectivity index (χ0n) is 5.62. The maximum atomic E-state index is 8.57. The number of hydrogen-bond acceptors (Lipinski definition) is 2. The Labute approximate surface area is 73.5 Å². The third-order valence-electron chi connectivity index (χ3n) is 1.34. The quantitative estimate of drug-likeness (QED) is 0.652. The second-order valence-electron chi connectivity index (χ2n) is 2.14. The molecule has 0 bridgehead atoms. The van der Waals surface area contributed by atoms with E-state index >= 15 is 0 Å². The van der Waals surface area contributed by atoms with Crippen LogP contribution in [-0.2, 0) is 6.42 Å². The van der Waals surface area contributed by atoms with Gasteiger partial charge in [-0.05, 0) is 24.1 Å². The van der Waals surface area contributed by atoms with Gasteiger partial charge in [-0.15, -0.1) is 12.6 Å². The molecule has 0 aliphatic carbocycles. The lowest BCUT2D eigenvalue weighted by Crippen LogP contribution is -1.88. The third kappa shape index (κ3) is 3.44. The molecule has 62 valence electrons. The molecule has 2 heteroatoms.